The number of para-hydroxylation sites is 1. The van der Waals surface area contributed by atoms with Crippen LogP contribution < -0.4 is 16.6 Å². The van der Waals surface area contributed by atoms with Crippen LogP contribution >= 0.6 is 0 Å². The third-order valence-electron chi connectivity index (χ3n) is 7.08. The van der Waals surface area contributed by atoms with Crippen molar-refractivity contribution in [1.29, 1.82) is 0 Å². The summed E-state index contributed by atoms with van der Waals surface area (Å²) in [6.07, 6.45) is 4.96. The number of nitrogens with zero attached hydrogens (tertiary/aromatic N) is 6. The van der Waals surface area contributed by atoms with Crippen molar-refractivity contribution in [2.24, 2.45) is 7.05 Å². The summed E-state index contributed by atoms with van der Waals surface area (Å²) in [5, 5.41) is 8.38. The van der Waals surface area contributed by atoms with Crippen LogP contribution in [0, 0.1) is 18.8 Å². The molecule has 41 heavy (non-hydrogen) atoms. The highest BCUT2D eigenvalue weighted by atomic mass is 16.2. The lowest BCUT2D eigenvalue weighted by Gasteiger charge is -2.21. The van der Waals surface area contributed by atoms with Crippen LogP contribution in [0.15, 0.2) is 84.0 Å². The van der Waals surface area contributed by atoms with E-state index in [0.29, 0.717) is 33.4 Å². The van der Waals surface area contributed by atoms with E-state index in [-0.39, 0.29) is 16.9 Å². The second-order valence-corrected chi connectivity index (χ2v) is 9.66. The number of aryl methyl sites for hydroxylation is 1. The highest BCUT2D eigenvalue weighted by Gasteiger charge is 2.24. The van der Waals surface area contributed by atoms with Crippen LogP contribution in [0.4, 0.5) is 5.82 Å². The Kier molecular flexibility index (Phi) is 6.32. The molecule has 4 aromatic heterocycles. The summed E-state index contributed by atoms with van der Waals surface area (Å²) < 4.78 is 4.97. The van der Waals surface area contributed by atoms with Gasteiger partial charge in [-0.05, 0) is 55.5 Å². The van der Waals surface area contributed by atoms with E-state index in [1.54, 1.807) is 29.2 Å². The zero-order valence-corrected chi connectivity index (χ0v) is 22.7. The highest BCUT2D eigenvalue weighted by molar-refractivity contribution is 6.04. The number of nitrogens with two attached hydrogens (primary N) is 1. The van der Waals surface area contributed by atoms with Gasteiger partial charge in [0.25, 0.3) is 11.5 Å². The topological polar surface area (TPSA) is 125 Å². The molecular weight excluding hydrogens is 516 g/mol. The molecule has 0 fully saturated rings. The molecule has 4 heterocycles. The zero-order chi connectivity index (χ0) is 28.7. The average molecular weight is 543 g/mol. The number of nitrogen functional groups attached to an aromatic ring is 1. The molecule has 0 saturated carbocycles. The minimum absolute atomic E-state index is 0.0687. The van der Waals surface area contributed by atoms with Crippen molar-refractivity contribution >= 4 is 28.1 Å². The molecule has 6 rings (SSSR count). The van der Waals surface area contributed by atoms with Gasteiger partial charge in [0.1, 0.15) is 17.1 Å². The molecule has 0 aliphatic heterocycles. The first-order valence-corrected chi connectivity index (χ1v) is 13.0. The second-order valence-electron chi connectivity index (χ2n) is 9.66. The molecule has 202 valence electrons. The summed E-state index contributed by atoms with van der Waals surface area (Å²) in [6, 6.07) is 17.9. The number of carbonyl (C=O) groups is 1. The van der Waals surface area contributed by atoms with Gasteiger partial charge in [0.15, 0.2) is 11.5 Å². The zero-order valence-electron chi connectivity index (χ0n) is 22.7. The number of rotatable bonds is 4. The first kappa shape index (κ1) is 25.6. The van der Waals surface area contributed by atoms with Crippen molar-refractivity contribution in [1.82, 2.24) is 34.0 Å². The minimum Gasteiger partial charge on any atom is -0.381 e. The van der Waals surface area contributed by atoms with Crippen molar-refractivity contribution in [3.63, 3.8) is 0 Å². The summed E-state index contributed by atoms with van der Waals surface area (Å²) in [7, 11) is 1.90. The van der Waals surface area contributed by atoms with Gasteiger partial charge in [0.2, 0.25) is 0 Å². The Labute approximate surface area is 235 Å². The van der Waals surface area contributed by atoms with Crippen LogP contribution in [-0.4, -0.2) is 34.6 Å². The Hall–Kier alpha value is -5.69. The van der Waals surface area contributed by atoms with Gasteiger partial charge in [-0.3, -0.25) is 14.2 Å². The third-order valence-corrected chi connectivity index (χ3v) is 7.08. The Morgan fingerprint density at radius 3 is 2.61 bits per heavy atom. The van der Waals surface area contributed by atoms with E-state index >= 15 is 0 Å². The minimum atomic E-state index is -0.579. The Morgan fingerprint density at radius 2 is 1.85 bits per heavy atom. The van der Waals surface area contributed by atoms with E-state index < -0.39 is 11.9 Å². The molecule has 2 aromatic carbocycles. The van der Waals surface area contributed by atoms with Crippen LogP contribution in [0.3, 0.4) is 0 Å². The lowest BCUT2D eigenvalue weighted by molar-refractivity contribution is 0.0941. The van der Waals surface area contributed by atoms with Gasteiger partial charge in [0.05, 0.1) is 17.6 Å². The summed E-state index contributed by atoms with van der Waals surface area (Å²) >= 11 is 0. The predicted molar refractivity (Wildman–Crippen MR) is 157 cm³/mol. The largest absolute Gasteiger partial charge is 0.381 e. The van der Waals surface area contributed by atoms with Gasteiger partial charge in [-0.1, -0.05) is 36.3 Å². The van der Waals surface area contributed by atoms with Gasteiger partial charge in [-0.15, -0.1) is 5.10 Å². The molecule has 1 atom stereocenters. The molecule has 0 spiro atoms. The van der Waals surface area contributed by atoms with E-state index in [4.69, 9.17) is 5.73 Å². The standard InChI is InChI=1S/C31H26N8O2/c1-19(35-30(40)27-28(32)36-38-16-8-15-33-29(27)38)25-17-22-10-7-9-21(13-14-24-18-34-20(2)37(24)3)26(22)31(41)39(25)23-11-5-4-6-12-23/h4-12,15-19H,1-3H3,(H2,32,36)(H,35,40). The maximum atomic E-state index is 14.2. The molecule has 0 saturated heterocycles. The third kappa shape index (κ3) is 4.49. The van der Waals surface area contributed by atoms with Crippen molar-refractivity contribution in [2.45, 2.75) is 19.9 Å². The number of nitrogens with one attached hydrogen (secondary N) is 1. The first-order valence-electron chi connectivity index (χ1n) is 13.0. The number of aromatic nitrogens is 6. The van der Waals surface area contributed by atoms with Gasteiger partial charge < -0.3 is 15.6 Å². The van der Waals surface area contributed by atoms with Crippen LogP contribution in [0.2, 0.25) is 0 Å². The van der Waals surface area contributed by atoms with Crippen molar-refractivity contribution in [2.75, 3.05) is 5.73 Å². The molecule has 0 radical (unpaired) electrons. The smallest absolute Gasteiger partial charge is 0.264 e. The number of amides is 1. The number of imidazole rings is 1. The van der Waals surface area contributed by atoms with Crippen molar-refractivity contribution in [3.8, 4) is 17.5 Å². The first-order chi connectivity index (χ1) is 19.8. The van der Waals surface area contributed by atoms with Crippen molar-refractivity contribution < 1.29 is 4.79 Å². The van der Waals surface area contributed by atoms with E-state index in [1.807, 2.05) is 80.1 Å². The maximum absolute atomic E-state index is 14.2. The number of hydrogen-bond donors (Lipinski definition) is 2. The van der Waals surface area contributed by atoms with Gasteiger partial charge in [0, 0.05) is 36.4 Å². The van der Waals surface area contributed by atoms with Gasteiger partial charge in [-0.25, -0.2) is 14.5 Å². The summed E-state index contributed by atoms with van der Waals surface area (Å²) in [5.41, 5.74) is 8.97. The van der Waals surface area contributed by atoms with E-state index in [2.05, 4.69) is 32.2 Å². The molecule has 10 heteroatoms. The van der Waals surface area contributed by atoms with E-state index in [1.165, 1.54) is 4.52 Å². The summed E-state index contributed by atoms with van der Waals surface area (Å²) in [5.74, 6) is 6.80. The molecule has 3 N–H and O–H groups in total. The fourth-order valence-corrected chi connectivity index (χ4v) is 4.86. The molecule has 6 aromatic rings. The van der Waals surface area contributed by atoms with E-state index in [0.717, 1.165) is 11.5 Å². The monoisotopic (exact) mass is 542 g/mol. The van der Waals surface area contributed by atoms with Crippen LogP contribution in [0.5, 0.6) is 0 Å². The number of carbonyl (C=O) groups excluding carboxylic acids is 1. The van der Waals surface area contributed by atoms with E-state index in [9.17, 15) is 9.59 Å². The fourth-order valence-electron chi connectivity index (χ4n) is 4.86. The number of hydrogen-bond acceptors (Lipinski definition) is 6. The maximum Gasteiger partial charge on any atom is 0.264 e. The average Bonchev–Trinajstić information content (AvgIpc) is 3.49. The van der Waals surface area contributed by atoms with Crippen LogP contribution in [-0.2, 0) is 7.05 Å². The van der Waals surface area contributed by atoms with Gasteiger partial charge in [-0.2, -0.15) is 0 Å². The predicted octanol–water partition coefficient (Wildman–Crippen LogP) is 3.55. The molecule has 0 aliphatic rings. The number of fused-ring (bicyclic) bond motifs is 2. The van der Waals surface area contributed by atoms with Crippen LogP contribution in [0.1, 0.15) is 46.1 Å². The van der Waals surface area contributed by atoms with Gasteiger partial charge >= 0.3 is 0 Å². The molecular formula is C31H26N8O2. The molecule has 1 unspecified atom stereocenters. The quantitative estimate of drug-likeness (QED) is 0.328. The lowest BCUT2D eigenvalue weighted by atomic mass is 10.0. The normalized spacial score (nSPS) is 11.8. The molecule has 10 nitrogen and oxygen atoms in total. The number of benzene rings is 2. The van der Waals surface area contributed by atoms with Crippen molar-refractivity contribution in [3.05, 3.63) is 118 Å². The Morgan fingerprint density at radius 1 is 1.05 bits per heavy atom. The lowest BCUT2D eigenvalue weighted by Crippen LogP contribution is -2.32. The van der Waals surface area contributed by atoms with Crippen LogP contribution in [0.25, 0.3) is 22.1 Å². The molecule has 0 bridgehead atoms. The molecule has 1 amide bonds. The number of pyridine rings is 1. The highest BCUT2D eigenvalue weighted by Crippen LogP contribution is 2.24. The fraction of sp³-hybridized carbons (Fsp3) is 0.129. The molecule has 0 aliphatic carbocycles. The summed E-state index contributed by atoms with van der Waals surface area (Å²) in [6.45, 7) is 3.73. The SMILES string of the molecule is Cc1ncc(C#Cc2cccc3cc(C(C)NC(=O)c4c(N)nn5cccnc45)n(-c4ccccc4)c(=O)c23)n1C. The Balaban J connectivity index is 1.48. The number of anilines is 1. The Bertz CT molecular complexity index is 2080. The summed E-state index contributed by atoms with van der Waals surface area (Å²) in [4.78, 5) is 36.2. The second kappa shape index (κ2) is 10.1.